The molecule has 1 amide bonds. The van der Waals surface area contributed by atoms with Crippen molar-refractivity contribution in [1.29, 1.82) is 0 Å². The first-order valence-corrected chi connectivity index (χ1v) is 9.81. The molecular formula is C22H24F4N2O3. The Labute approximate surface area is 178 Å². The maximum absolute atomic E-state index is 14.0. The molecule has 0 bridgehead atoms. The number of hydrogen-bond donors (Lipinski definition) is 0. The smallest absolute Gasteiger partial charge is 0.406 e. The molecule has 1 aliphatic heterocycles. The predicted octanol–water partition coefficient (Wildman–Crippen LogP) is 5.12. The number of aryl methyl sites for hydroxylation is 1. The molecule has 1 atom stereocenters. The summed E-state index contributed by atoms with van der Waals surface area (Å²) in [5.74, 6) is -1.09. The number of carbonyl (C=O) groups excluding carboxylic acids is 1. The van der Waals surface area contributed by atoms with Crippen molar-refractivity contribution < 1.29 is 31.8 Å². The molecule has 3 rings (SSSR count). The van der Waals surface area contributed by atoms with Crippen LogP contribution in [0.4, 0.5) is 22.4 Å². The minimum absolute atomic E-state index is 0.0880. The number of rotatable bonds is 6. The second-order valence-corrected chi connectivity index (χ2v) is 7.76. The average molecular weight is 440 g/mol. The molecule has 0 saturated carbocycles. The Kier molecular flexibility index (Phi) is 6.74. The second-order valence-electron chi connectivity index (χ2n) is 7.76. The molecule has 5 nitrogen and oxygen atoms in total. The fourth-order valence-electron chi connectivity index (χ4n) is 3.46. The van der Waals surface area contributed by atoms with Crippen molar-refractivity contribution in [1.82, 2.24) is 9.80 Å². The Morgan fingerprint density at radius 3 is 2.55 bits per heavy atom. The van der Waals surface area contributed by atoms with Gasteiger partial charge in [0.2, 0.25) is 0 Å². The first-order valence-electron chi connectivity index (χ1n) is 9.81. The Morgan fingerprint density at radius 2 is 1.90 bits per heavy atom. The third kappa shape index (κ3) is 5.88. The number of alkyl halides is 3. The Morgan fingerprint density at radius 1 is 1.16 bits per heavy atom. The summed E-state index contributed by atoms with van der Waals surface area (Å²) in [6, 6.07) is 9.26. The van der Waals surface area contributed by atoms with Crippen molar-refractivity contribution >= 4 is 6.09 Å². The van der Waals surface area contributed by atoms with Crippen LogP contribution < -0.4 is 9.47 Å². The molecule has 1 aliphatic rings. The molecule has 2 aromatic rings. The van der Waals surface area contributed by atoms with Gasteiger partial charge in [-0.25, -0.2) is 9.18 Å². The van der Waals surface area contributed by atoms with E-state index in [9.17, 15) is 22.4 Å². The van der Waals surface area contributed by atoms with Crippen molar-refractivity contribution in [2.45, 2.75) is 45.3 Å². The van der Waals surface area contributed by atoms with Gasteiger partial charge in [-0.3, -0.25) is 4.90 Å². The lowest BCUT2D eigenvalue weighted by Gasteiger charge is -2.24. The van der Waals surface area contributed by atoms with Crippen LogP contribution in [0.1, 0.15) is 30.0 Å². The van der Waals surface area contributed by atoms with Gasteiger partial charge in [0, 0.05) is 38.8 Å². The van der Waals surface area contributed by atoms with Crippen LogP contribution in [0.5, 0.6) is 11.5 Å². The van der Waals surface area contributed by atoms with Crippen molar-refractivity contribution in [3.8, 4) is 11.5 Å². The largest absolute Gasteiger partial charge is 0.573 e. The van der Waals surface area contributed by atoms with Crippen molar-refractivity contribution in [3.63, 3.8) is 0 Å². The maximum atomic E-state index is 14.0. The van der Waals surface area contributed by atoms with E-state index in [0.29, 0.717) is 37.1 Å². The van der Waals surface area contributed by atoms with E-state index in [0.717, 1.165) is 10.5 Å². The quantitative estimate of drug-likeness (QED) is 0.585. The number of amides is 1. The monoisotopic (exact) mass is 440 g/mol. The fourth-order valence-corrected chi connectivity index (χ4v) is 3.46. The Hall–Kier alpha value is -2.81. The molecular weight excluding hydrogens is 416 g/mol. The number of fused-ring (bicyclic) bond motifs is 1. The summed E-state index contributed by atoms with van der Waals surface area (Å²) in [4.78, 5) is 15.0. The van der Waals surface area contributed by atoms with E-state index in [1.807, 2.05) is 13.0 Å². The predicted molar refractivity (Wildman–Crippen MR) is 106 cm³/mol. The molecule has 168 valence electrons. The van der Waals surface area contributed by atoms with Gasteiger partial charge in [-0.1, -0.05) is 18.2 Å². The van der Waals surface area contributed by atoms with Crippen molar-refractivity contribution in [3.05, 3.63) is 58.9 Å². The standard InChI is InChI=1S/C22H24F4N2O3/c1-14(28-12-16-5-4-6-18(23)17(16)13-28)7-8-15-9-10-19(30-21(29)27(2)3)20(11-15)31-22(24,25)26/h4-6,9-11,14H,7-8,12-13H2,1-3H3/t14-/m1/s1. The molecule has 0 aliphatic carbocycles. The molecule has 0 unspecified atom stereocenters. The van der Waals surface area contributed by atoms with Crippen LogP contribution in [0.15, 0.2) is 36.4 Å². The van der Waals surface area contributed by atoms with Gasteiger partial charge in [-0.15, -0.1) is 13.2 Å². The van der Waals surface area contributed by atoms with Gasteiger partial charge in [0.05, 0.1) is 0 Å². The van der Waals surface area contributed by atoms with E-state index in [4.69, 9.17) is 4.74 Å². The normalized spacial score (nSPS) is 14.8. The molecule has 0 N–H and O–H groups in total. The minimum Gasteiger partial charge on any atom is -0.406 e. The van der Waals surface area contributed by atoms with Crippen LogP contribution in [0.3, 0.4) is 0 Å². The summed E-state index contributed by atoms with van der Waals surface area (Å²) in [7, 11) is 2.84. The van der Waals surface area contributed by atoms with Crippen LogP contribution in [0.25, 0.3) is 0 Å². The van der Waals surface area contributed by atoms with Gasteiger partial charge in [0.1, 0.15) is 5.82 Å². The van der Waals surface area contributed by atoms with E-state index >= 15 is 0 Å². The van der Waals surface area contributed by atoms with Crippen LogP contribution in [-0.2, 0) is 19.5 Å². The lowest BCUT2D eigenvalue weighted by atomic mass is 10.0. The number of halogens is 4. The summed E-state index contributed by atoms with van der Waals surface area (Å²) in [5.41, 5.74) is 2.26. The van der Waals surface area contributed by atoms with Gasteiger partial charge in [-0.2, -0.15) is 0 Å². The topological polar surface area (TPSA) is 42.0 Å². The fraction of sp³-hybridized carbons (Fsp3) is 0.409. The summed E-state index contributed by atoms with van der Waals surface area (Å²) >= 11 is 0. The van der Waals surface area contributed by atoms with Crippen LogP contribution in [-0.4, -0.2) is 42.4 Å². The van der Waals surface area contributed by atoms with E-state index < -0.39 is 18.2 Å². The lowest BCUT2D eigenvalue weighted by molar-refractivity contribution is -0.275. The van der Waals surface area contributed by atoms with E-state index in [1.54, 1.807) is 12.1 Å². The SMILES string of the molecule is C[C@H](CCc1ccc(OC(=O)N(C)C)c(OC(F)(F)F)c1)N1Cc2cccc(F)c2C1. The van der Waals surface area contributed by atoms with Gasteiger partial charge in [0.25, 0.3) is 0 Å². The average Bonchev–Trinajstić information content (AvgIpc) is 3.12. The first-order chi connectivity index (χ1) is 14.5. The van der Waals surface area contributed by atoms with Crippen LogP contribution in [0, 0.1) is 5.82 Å². The molecule has 9 heteroatoms. The highest BCUT2D eigenvalue weighted by atomic mass is 19.4. The molecule has 0 fully saturated rings. The minimum atomic E-state index is -4.92. The third-order valence-electron chi connectivity index (χ3n) is 5.22. The number of nitrogens with zero attached hydrogens (tertiary/aromatic N) is 2. The highest BCUT2D eigenvalue weighted by Crippen LogP contribution is 2.34. The van der Waals surface area contributed by atoms with Crippen LogP contribution >= 0.6 is 0 Å². The van der Waals surface area contributed by atoms with Gasteiger partial charge >= 0.3 is 12.5 Å². The zero-order chi connectivity index (χ0) is 22.8. The summed E-state index contributed by atoms with van der Waals surface area (Å²) in [5, 5.41) is 0. The molecule has 0 spiro atoms. The molecule has 0 saturated heterocycles. The van der Waals surface area contributed by atoms with Gasteiger partial charge in [0.15, 0.2) is 11.5 Å². The number of hydrogen-bond acceptors (Lipinski definition) is 4. The molecule has 0 aromatic heterocycles. The molecule has 0 radical (unpaired) electrons. The molecule has 2 aromatic carbocycles. The molecule has 1 heterocycles. The number of carbonyl (C=O) groups is 1. The van der Waals surface area contributed by atoms with Crippen LogP contribution in [0.2, 0.25) is 0 Å². The van der Waals surface area contributed by atoms with Gasteiger partial charge in [-0.05, 0) is 49.1 Å². The maximum Gasteiger partial charge on any atom is 0.573 e. The zero-order valence-electron chi connectivity index (χ0n) is 17.5. The third-order valence-corrected chi connectivity index (χ3v) is 5.22. The lowest BCUT2D eigenvalue weighted by Crippen LogP contribution is -2.28. The van der Waals surface area contributed by atoms with Crippen molar-refractivity contribution in [2.24, 2.45) is 0 Å². The first kappa shape index (κ1) is 22.9. The van der Waals surface area contributed by atoms with Crippen molar-refractivity contribution in [2.75, 3.05) is 14.1 Å². The highest BCUT2D eigenvalue weighted by molar-refractivity contribution is 5.71. The van der Waals surface area contributed by atoms with E-state index in [2.05, 4.69) is 9.64 Å². The zero-order valence-corrected chi connectivity index (χ0v) is 17.5. The Balaban J connectivity index is 1.68. The number of benzene rings is 2. The highest BCUT2D eigenvalue weighted by Gasteiger charge is 2.33. The van der Waals surface area contributed by atoms with E-state index in [1.165, 1.54) is 32.3 Å². The number of ether oxygens (including phenoxy) is 2. The molecule has 31 heavy (non-hydrogen) atoms. The van der Waals surface area contributed by atoms with Gasteiger partial charge < -0.3 is 14.4 Å². The summed E-state index contributed by atoms with van der Waals surface area (Å²) in [6.07, 6.45) is -4.60. The second kappa shape index (κ2) is 9.13. The van der Waals surface area contributed by atoms with E-state index in [-0.39, 0.29) is 17.6 Å². The summed E-state index contributed by atoms with van der Waals surface area (Å²) in [6.45, 7) is 3.14. The Bertz CT molecular complexity index is 947. The summed E-state index contributed by atoms with van der Waals surface area (Å²) < 4.78 is 61.5.